The zero-order chi connectivity index (χ0) is 19.1. The normalized spacial score (nSPS) is 25.0. The second-order valence-electron chi connectivity index (χ2n) is 6.90. The van der Waals surface area contributed by atoms with Crippen LogP contribution in [0.1, 0.15) is 29.5 Å². The van der Waals surface area contributed by atoms with Crippen molar-refractivity contribution in [1.82, 2.24) is 0 Å². The zero-order valence-electron chi connectivity index (χ0n) is 14.8. The second-order valence-corrected chi connectivity index (χ2v) is 8.97. The van der Waals surface area contributed by atoms with Crippen LogP contribution in [0.3, 0.4) is 0 Å². The number of hydrogen-bond acceptors (Lipinski definition) is 4. The molecule has 0 amide bonds. The third kappa shape index (κ3) is 2.73. The molecule has 1 aliphatic rings. The molecule has 0 heterocycles. The molecule has 1 fully saturated rings. The minimum Gasteiger partial charge on any atom is -0.481 e. The van der Waals surface area contributed by atoms with E-state index in [9.17, 15) is 18.3 Å². The molecule has 1 saturated carbocycles. The van der Waals surface area contributed by atoms with Crippen LogP contribution in [-0.4, -0.2) is 31.3 Å². The molecule has 26 heavy (non-hydrogen) atoms. The zero-order valence-corrected chi connectivity index (χ0v) is 15.7. The Morgan fingerprint density at radius 1 is 1.12 bits per heavy atom. The van der Waals surface area contributed by atoms with Gasteiger partial charge in [-0.25, -0.2) is 8.42 Å². The first-order chi connectivity index (χ1) is 12.3. The third-order valence-corrected chi connectivity index (χ3v) is 7.71. The van der Waals surface area contributed by atoms with Gasteiger partial charge in [-0.2, -0.15) is 0 Å². The highest BCUT2D eigenvalue weighted by molar-refractivity contribution is 7.92. The van der Waals surface area contributed by atoms with Gasteiger partial charge < -0.3 is 10.8 Å². The highest BCUT2D eigenvalue weighted by Gasteiger charge is 2.75. The van der Waals surface area contributed by atoms with Gasteiger partial charge in [-0.1, -0.05) is 48.9 Å². The Morgan fingerprint density at radius 3 is 2.15 bits per heavy atom. The average Bonchev–Trinajstić information content (AvgIpc) is 3.34. The number of carboxylic acids is 1. The van der Waals surface area contributed by atoms with Crippen molar-refractivity contribution < 1.29 is 18.3 Å². The van der Waals surface area contributed by atoms with E-state index in [-0.39, 0.29) is 11.4 Å². The molecule has 0 saturated heterocycles. The number of aryl methyl sites for hydroxylation is 2. The van der Waals surface area contributed by atoms with Gasteiger partial charge in [0, 0.05) is 12.5 Å². The van der Waals surface area contributed by atoms with Crippen LogP contribution in [0.4, 0.5) is 0 Å². The number of carboxylic acid groups (broad SMARTS) is 1. The van der Waals surface area contributed by atoms with E-state index in [1.54, 1.807) is 12.1 Å². The number of carbonyl (C=O) groups is 1. The summed E-state index contributed by atoms with van der Waals surface area (Å²) in [4.78, 5) is 12.2. The number of aliphatic carboxylic acids is 1. The maximum Gasteiger partial charge on any atom is 0.312 e. The fourth-order valence-corrected chi connectivity index (χ4v) is 6.14. The first kappa shape index (κ1) is 18.6. The van der Waals surface area contributed by atoms with Crippen LogP contribution in [0.15, 0.2) is 53.4 Å². The van der Waals surface area contributed by atoms with Gasteiger partial charge >= 0.3 is 5.97 Å². The largest absolute Gasteiger partial charge is 0.481 e. The van der Waals surface area contributed by atoms with Gasteiger partial charge in [-0.3, -0.25) is 4.79 Å². The molecule has 6 heteroatoms. The highest BCUT2D eigenvalue weighted by Crippen LogP contribution is 2.63. The summed E-state index contributed by atoms with van der Waals surface area (Å²) < 4.78 is 26.3. The van der Waals surface area contributed by atoms with Gasteiger partial charge in [0.2, 0.25) is 0 Å². The van der Waals surface area contributed by atoms with Crippen LogP contribution < -0.4 is 5.73 Å². The summed E-state index contributed by atoms with van der Waals surface area (Å²) >= 11 is 0. The lowest BCUT2D eigenvalue weighted by atomic mass is 9.98. The van der Waals surface area contributed by atoms with E-state index in [0.29, 0.717) is 5.56 Å². The molecule has 0 spiro atoms. The summed E-state index contributed by atoms with van der Waals surface area (Å²) in [5, 5.41) is 8.75. The van der Waals surface area contributed by atoms with Crippen LogP contribution >= 0.6 is 0 Å². The summed E-state index contributed by atoms with van der Waals surface area (Å²) in [7, 11) is -3.82. The van der Waals surface area contributed by atoms with Crippen molar-refractivity contribution in [2.75, 3.05) is 6.54 Å². The number of sulfone groups is 1. The Kier molecular flexibility index (Phi) is 4.67. The Bertz CT molecular complexity index is 919. The summed E-state index contributed by atoms with van der Waals surface area (Å²) in [6.45, 7) is 3.67. The van der Waals surface area contributed by atoms with Crippen molar-refractivity contribution in [2.24, 2.45) is 11.1 Å². The average molecular weight is 373 g/mol. The van der Waals surface area contributed by atoms with Gasteiger partial charge in [-0.15, -0.1) is 0 Å². The quantitative estimate of drug-likeness (QED) is 0.811. The standard InChI is InChI=1S/C20H23NO4S/c1-3-14-6-8-15(9-7-14)17-18(20(17,12-21)19(22)23)26(24,25)16-10-4-13(2)5-11-16/h4-11,17-18H,3,12,21H2,1-2H3,(H,22,23)/t17-,18-,20-/m0/s1. The Labute approximate surface area is 153 Å². The number of rotatable bonds is 6. The lowest BCUT2D eigenvalue weighted by Gasteiger charge is -2.10. The molecule has 0 aliphatic heterocycles. The van der Waals surface area contributed by atoms with Crippen molar-refractivity contribution in [3.05, 3.63) is 65.2 Å². The van der Waals surface area contributed by atoms with Crippen molar-refractivity contribution in [1.29, 1.82) is 0 Å². The van der Waals surface area contributed by atoms with E-state index in [1.807, 2.05) is 38.1 Å². The first-order valence-electron chi connectivity index (χ1n) is 8.62. The monoisotopic (exact) mass is 373 g/mol. The molecule has 2 aromatic rings. The van der Waals surface area contributed by atoms with E-state index in [0.717, 1.165) is 17.5 Å². The minimum absolute atomic E-state index is 0.139. The maximum absolute atomic E-state index is 13.2. The molecule has 0 radical (unpaired) electrons. The fraction of sp³-hybridized carbons (Fsp3) is 0.350. The predicted octanol–water partition coefficient (Wildman–Crippen LogP) is 2.53. The fourth-order valence-electron chi connectivity index (χ4n) is 3.75. The van der Waals surface area contributed by atoms with Gasteiger partial charge in [0.25, 0.3) is 0 Å². The molecule has 3 atom stereocenters. The van der Waals surface area contributed by atoms with Crippen LogP contribution in [0, 0.1) is 12.3 Å². The second kappa shape index (κ2) is 6.52. The molecule has 1 aliphatic carbocycles. The summed E-state index contributed by atoms with van der Waals surface area (Å²) in [6.07, 6.45) is 0.858. The lowest BCUT2D eigenvalue weighted by Crippen LogP contribution is -2.31. The molecule has 3 N–H and O–H groups in total. The van der Waals surface area contributed by atoms with Crippen molar-refractivity contribution >= 4 is 15.8 Å². The van der Waals surface area contributed by atoms with Crippen molar-refractivity contribution in [2.45, 2.75) is 36.3 Å². The molecule has 0 unspecified atom stereocenters. The first-order valence-corrected chi connectivity index (χ1v) is 10.2. The maximum atomic E-state index is 13.2. The van der Waals surface area contributed by atoms with E-state index in [1.165, 1.54) is 12.1 Å². The van der Waals surface area contributed by atoms with Crippen LogP contribution in [0.25, 0.3) is 0 Å². The topological polar surface area (TPSA) is 97.5 Å². The van der Waals surface area contributed by atoms with Crippen molar-refractivity contribution in [3.8, 4) is 0 Å². The predicted molar refractivity (Wildman–Crippen MR) is 99.8 cm³/mol. The molecule has 138 valence electrons. The smallest absolute Gasteiger partial charge is 0.312 e. The van der Waals surface area contributed by atoms with E-state index >= 15 is 0 Å². The number of nitrogens with two attached hydrogens (primary N) is 1. The molecule has 0 bridgehead atoms. The summed E-state index contributed by atoms with van der Waals surface area (Å²) in [5.41, 5.74) is 7.06. The minimum atomic E-state index is -3.82. The van der Waals surface area contributed by atoms with Crippen LogP contribution in [-0.2, 0) is 21.1 Å². The molecule has 0 aromatic heterocycles. The lowest BCUT2D eigenvalue weighted by molar-refractivity contribution is -0.143. The van der Waals surface area contributed by atoms with Gasteiger partial charge in [-0.05, 0) is 36.6 Å². The Hall–Kier alpha value is -2.18. The van der Waals surface area contributed by atoms with Crippen molar-refractivity contribution in [3.63, 3.8) is 0 Å². The molecular weight excluding hydrogens is 350 g/mol. The Balaban J connectivity index is 2.08. The van der Waals surface area contributed by atoms with E-state index in [2.05, 4.69) is 0 Å². The summed E-state index contributed by atoms with van der Waals surface area (Å²) in [5.74, 6) is -1.81. The van der Waals surface area contributed by atoms with Gasteiger partial charge in [0.05, 0.1) is 10.1 Å². The SMILES string of the molecule is CCc1ccc([C@H]2[C@H](S(=O)(=O)c3ccc(C)cc3)[C@@]2(CN)C(=O)O)cc1. The van der Waals surface area contributed by atoms with Crippen LogP contribution in [0.2, 0.25) is 0 Å². The number of benzene rings is 2. The molecule has 3 rings (SSSR count). The van der Waals surface area contributed by atoms with Gasteiger partial charge in [0.1, 0.15) is 5.41 Å². The van der Waals surface area contributed by atoms with Crippen LogP contribution in [0.5, 0.6) is 0 Å². The van der Waals surface area contributed by atoms with E-state index in [4.69, 9.17) is 5.73 Å². The molecular formula is C20H23NO4S. The number of hydrogen-bond donors (Lipinski definition) is 2. The highest BCUT2D eigenvalue weighted by atomic mass is 32.2. The molecule has 5 nitrogen and oxygen atoms in total. The third-order valence-electron chi connectivity index (χ3n) is 5.42. The Morgan fingerprint density at radius 2 is 1.69 bits per heavy atom. The summed E-state index contributed by atoms with van der Waals surface area (Å²) in [6, 6.07) is 13.9. The molecule has 2 aromatic carbocycles. The van der Waals surface area contributed by atoms with E-state index < -0.39 is 32.4 Å². The van der Waals surface area contributed by atoms with Gasteiger partial charge in [0.15, 0.2) is 9.84 Å².